The van der Waals surface area contributed by atoms with E-state index in [2.05, 4.69) is 0 Å². The number of ketones is 1. The highest BCUT2D eigenvalue weighted by atomic mass is 32.1. The van der Waals surface area contributed by atoms with E-state index >= 15 is 0 Å². The minimum atomic E-state index is -0.474. The van der Waals surface area contributed by atoms with Crippen LogP contribution >= 0.6 is 22.7 Å². The van der Waals surface area contributed by atoms with Gasteiger partial charge in [0.15, 0.2) is 5.78 Å². The second kappa shape index (κ2) is 7.97. The number of nitro groups is 2. The first-order valence-corrected chi connectivity index (χ1v) is 10.4. The van der Waals surface area contributed by atoms with Gasteiger partial charge in [-0.3, -0.25) is 25.0 Å². The van der Waals surface area contributed by atoms with Crippen molar-refractivity contribution in [1.29, 1.82) is 0 Å². The zero-order chi connectivity index (χ0) is 21.3. The number of hydrogen-bond acceptors (Lipinski definition) is 7. The molecule has 0 amide bonds. The molecule has 2 aromatic heterocycles. The predicted molar refractivity (Wildman–Crippen MR) is 116 cm³/mol. The molecule has 30 heavy (non-hydrogen) atoms. The lowest BCUT2D eigenvalue weighted by Crippen LogP contribution is -2.01. The normalized spacial score (nSPS) is 10.7. The number of hydrogen-bond donors (Lipinski definition) is 0. The lowest BCUT2D eigenvalue weighted by molar-refractivity contribution is -0.385. The number of carbonyl (C=O) groups is 1. The molecule has 0 aliphatic rings. The van der Waals surface area contributed by atoms with Gasteiger partial charge in [-0.1, -0.05) is 24.3 Å². The Morgan fingerprint density at radius 2 is 1.13 bits per heavy atom. The van der Waals surface area contributed by atoms with Gasteiger partial charge in [-0.15, -0.1) is 22.7 Å². The van der Waals surface area contributed by atoms with Crippen LogP contribution in [-0.4, -0.2) is 15.6 Å². The summed E-state index contributed by atoms with van der Waals surface area (Å²) in [6.45, 7) is 0. The summed E-state index contributed by atoms with van der Waals surface area (Å²) in [6, 6.07) is 15.7. The number of carbonyl (C=O) groups excluding carboxylic acids is 1. The summed E-state index contributed by atoms with van der Waals surface area (Å²) >= 11 is 2.65. The van der Waals surface area contributed by atoms with Gasteiger partial charge in [0.1, 0.15) is 0 Å². The van der Waals surface area contributed by atoms with Crippen LogP contribution in [0, 0.1) is 20.2 Å². The maximum atomic E-state index is 13.3. The summed E-state index contributed by atoms with van der Waals surface area (Å²) in [5.41, 5.74) is 1.96. The molecule has 0 radical (unpaired) electrons. The van der Waals surface area contributed by atoms with Gasteiger partial charge in [0.25, 0.3) is 11.4 Å². The van der Waals surface area contributed by atoms with Crippen molar-refractivity contribution >= 4 is 39.8 Å². The van der Waals surface area contributed by atoms with E-state index in [1.54, 1.807) is 47.2 Å². The maximum Gasteiger partial charge on any atom is 0.270 e. The van der Waals surface area contributed by atoms with E-state index in [1.807, 2.05) is 0 Å². The van der Waals surface area contributed by atoms with Crippen LogP contribution in [0.2, 0.25) is 0 Å². The van der Waals surface area contributed by atoms with Gasteiger partial charge in [-0.2, -0.15) is 0 Å². The van der Waals surface area contributed by atoms with Crippen LogP contribution in [0.15, 0.2) is 71.4 Å². The third-order valence-corrected chi connectivity index (χ3v) is 6.38. The van der Waals surface area contributed by atoms with Crippen LogP contribution in [0.4, 0.5) is 11.4 Å². The van der Waals surface area contributed by atoms with Crippen LogP contribution < -0.4 is 0 Å². The molecule has 0 saturated carbocycles. The summed E-state index contributed by atoms with van der Waals surface area (Å²) in [6.07, 6.45) is 0. The van der Waals surface area contributed by atoms with Gasteiger partial charge < -0.3 is 0 Å². The third kappa shape index (κ3) is 3.63. The summed E-state index contributed by atoms with van der Waals surface area (Å²) < 4.78 is 0. The van der Waals surface area contributed by atoms with Gasteiger partial charge in [-0.25, -0.2) is 0 Å². The molecule has 2 aromatic carbocycles. The molecule has 0 N–H and O–H groups in total. The fourth-order valence-electron chi connectivity index (χ4n) is 3.09. The molecule has 0 bridgehead atoms. The topological polar surface area (TPSA) is 103 Å². The van der Waals surface area contributed by atoms with Gasteiger partial charge in [0.05, 0.1) is 9.85 Å². The number of rotatable bonds is 6. The number of benzene rings is 2. The van der Waals surface area contributed by atoms with Gasteiger partial charge in [0.2, 0.25) is 0 Å². The highest BCUT2D eigenvalue weighted by Crippen LogP contribution is 2.37. The van der Waals surface area contributed by atoms with E-state index in [-0.39, 0.29) is 17.2 Å². The molecule has 2 heterocycles. The van der Waals surface area contributed by atoms with Gasteiger partial charge in [-0.05, 0) is 34.0 Å². The van der Waals surface area contributed by atoms with Crippen molar-refractivity contribution in [1.82, 2.24) is 0 Å². The molecule has 0 fully saturated rings. The number of thiophene rings is 2. The molecule has 148 valence electrons. The lowest BCUT2D eigenvalue weighted by atomic mass is 9.99. The van der Waals surface area contributed by atoms with E-state index < -0.39 is 9.85 Å². The van der Waals surface area contributed by atoms with Crippen molar-refractivity contribution < 1.29 is 14.6 Å². The van der Waals surface area contributed by atoms with Crippen molar-refractivity contribution in [2.24, 2.45) is 0 Å². The Morgan fingerprint density at radius 3 is 1.53 bits per heavy atom. The SMILES string of the molecule is O=C(c1ccsc1-c1cccc([N+](=O)[O-])c1)c1ccsc1-c1cccc([N+](=O)[O-])c1. The first-order valence-electron chi connectivity index (χ1n) is 8.65. The Morgan fingerprint density at radius 1 is 0.700 bits per heavy atom. The van der Waals surface area contributed by atoms with Crippen molar-refractivity contribution in [2.75, 3.05) is 0 Å². The largest absolute Gasteiger partial charge is 0.289 e. The Kier molecular flexibility index (Phi) is 5.21. The Labute approximate surface area is 178 Å². The van der Waals surface area contributed by atoms with E-state index in [1.165, 1.54) is 46.9 Å². The Bertz CT molecular complexity index is 1190. The van der Waals surface area contributed by atoms with Crippen LogP contribution in [0.3, 0.4) is 0 Å². The first-order chi connectivity index (χ1) is 14.5. The average Bonchev–Trinajstić information content (AvgIpc) is 3.43. The first kappa shape index (κ1) is 19.6. The van der Waals surface area contributed by atoms with Crippen molar-refractivity contribution in [3.8, 4) is 20.9 Å². The minimum Gasteiger partial charge on any atom is -0.289 e. The van der Waals surface area contributed by atoms with E-state index in [9.17, 15) is 25.0 Å². The Balaban J connectivity index is 1.76. The van der Waals surface area contributed by atoms with E-state index in [0.29, 0.717) is 32.0 Å². The molecule has 0 spiro atoms. The third-order valence-electron chi connectivity index (χ3n) is 4.46. The zero-order valence-corrected chi connectivity index (χ0v) is 16.8. The molecule has 7 nitrogen and oxygen atoms in total. The summed E-state index contributed by atoms with van der Waals surface area (Å²) in [5.74, 6) is -0.236. The van der Waals surface area contributed by atoms with Crippen molar-refractivity contribution in [3.63, 3.8) is 0 Å². The lowest BCUT2D eigenvalue weighted by Gasteiger charge is -2.06. The van der Waals surface area contributed by atoms with Gasteiger partial charge in [0, 0.05) is 45.1 Å². The maximum absolute atomic E-state index is 13.3. The Hall–Kier alpha value is -3.69. The molecule has 0 saturated heterocycles. The molecular formula is C21H12N2O5S2. The fourth-order valence-corrected chi connectivity index (χ4v) is 4.87. The van der Waals surface area contributed by atoms with Crippen LogP contribution in [0.5, 0.6) is 0 Å². The quantitative estimate of drug-likeness (QED) is 0.204. The second-order valence-corrected chi connectivity index (χ2v) is 8.10. The average molecular weight is 436 g/mol. The molecule has 4 aromatic rings. The monoisotopic (exact) mass is 436 g/mol. The second-order valence-electron chi connectivity index (χ2n) is 6.27. The van der Waals surface area contributed by atoms with Crippen molar-refractivity contribution in [2.45, 2.75) is 0 Å². The minimum absolute atomic E-state index is 0.0490. The number of nitro benzene ring substituents is 2. The van der Waals surface area contributed by atoms with Gasteiger partial charge >= 0.3 is 0 Å². The molecule has 4 rings (SSSR count). The molecular weight excluding hydrogens is 424 g/mol. The summed E-state index contributed by atoms with van der Waals surface area (Å²) in [4.78, 5) is 35.9. The highest BCUT2D eigenvalue weighted by molar-refractivity contribution is 7.14. The molecule has 0 atom stereocenters. The van der Waals surface area contributed by atoms with E-state index in [0.717, 1.165) is 0 Å². The highest BCUT2D eigenvalue weighted by Gasteiger charge is 2.22. The zero-order valence-electron chi connectivity index (χ0n) is 15.2. The molecule has 0 aliphatic heterocycles. The van der Waals surface area contributed by atoms with E-state index in [4.69, 9.17) is 0 Å². The summed E-state index contributed by atoms with van der Waals surface area (Å²) in [5, 5.41) is 25.7. The van der Waals surface area contributed by atoms with Crippen LogP contribution in [0.1, 0.15) is 15.9 Å². The predicted octanol–water partition coefficient (Wildman–Crippen LogP) is 6.19. The number of non-ortho nitro benzene ring substituents is 2. The molecule has 0 aliphatic carbocycles. The van der Waals surface area contributed by atoms with Crippen LogP contribution in [-0.2, 0) is 0 Å². The smallest absolute Gasteiger partial charge is 0.270 e. The summed E-state index contributed by atoms with van der Waals surface area (Å²) in [7, 11) is 0. The van der Waals surface area contributed by atoms with Crippen molar-refractivity contribution in [3.05, 3.63) is 103 Å². The molecule has 0 unspecified atom stereocenters. The fraction of sp³-hybridized carbons (Fsp3) is 0. The molecule has 9 heteroatoms. The van der Waals surface area contributed by atoms with Crippen LogP contribution in [0.25, 0.3) is 20.9 Å². The standard InChI is InChI=1S/C21H12N2O5S2/c24-19(17-7-9-29-20(17)13-3-1-5-15(11-13)22(25)26)18-8-10-30-21(18)14-4-2-6-16(12-14)23(27)28/h1-12H. The number of nitrogens with zero attached hydrogens (tertiary/aromatic N) is 2.